The number of carbonyl (C=O) groups excluding carboxylic acids is 1. The van der Waals surface area contributed by atoms with Crippen molar-refractivity contribution in [2.45, 2.75) is 44.1 Å². The summed E-state index contributed by atoms with van der Waals surface area (Å²) < 4.78 is 13.3. The van der Waals surface area contributed by atoms with E-state index in [1.165, 1.54) is 18.6 Å². The van der Waals surface area contributed by atoms with Crippen LogP contribution in [0.15, 0.2) is 48.7 Å². The predicted molar refractivity (Wildman–Crippen MR) is 100 cm³/mol. The Morgan fingerprint density at radius 1 is 1.15 bits per heavy atom. The van der Waals surface area contributed by atoms with E-state index in [0.717, 1.165) is 36.9 Å². The van der Waals surface area contributed by atoms with Gasteiger partial charge in [0.25, 0.3) is 0 Å². The molecule has 1 N–H and O–H groups in total. The smallest absolute Gasteiger partial charge is 0.317 e. The maximum atomic E-state index is 13.3. The third-order valence-corrected chi connectivity index (χ3v) is 5.32. The first kappa shape index (κ1) is 18.4. The lowest BCUT2D eigenvalue weighted by molar-refractivity contribution is 0.198. The summed E-state index contributed by atoms with van der Waals surface area (Å²) in [4.78, 5) is 18.5. The molecule has 1 fully saturated rings. The lowest BCUT2D eigenvalue weighted by atomic mass is 9.69. The highest BCUT2D eigenvalue weighted by atomic mass is 19.1. The van der Waals surface area contributed by atoms with Crippen LogP contribution in [0.4, 0.5) is 9.18 Å². The summed E-state index contributed by atoms with van der Waals surface area (Å²) in [5.74, 6) is -0.223. The van der Waals surface area contributed by atoms with Crippen molar-refractivity contribution in [2.24, 2.45) is 0 Å². The molecule has 1 aromatic carbocycles. The fraction of sp³-hybridized carbons (Fsp3) is 0.429. The van der Waals surface area contributed by atoms with Gasteiger partial charge in [-0.05, 0) is 42.7 Å². The van der Waals surface area contributed by atoms with Crippen LogP contribution in [0, 0.1) is 5.82 Å². The van der Waals surface area contributed by atoms with Crippen molar-refractivity contribution >= 4 is 6.03 Å². The van der Waals surface area contributed by atoms with Crippen LogP contribution in [0.25, 0.3) is 0 Å². The number of hydrogen-bond acceptors (Lipinski definition) is 2. The molecule has 138 valence electrons. The van der Waals surface area contributed by atoms with E-state index in [2.05, 4.69) is 10.3 Å². The molecule has 2 aromatic rings. The highest BCUT2D eigenvalue weighted by Crippen LogP contribution is 2.39. The molecule has 0 bridgehead atoms. The van der Waals surface area contributed by atoms with Gasteiger partial charge < -0.3 is 10.2 Å². The van der Waals surface area contributed by atoms with Crippen LogP contribution in [0.3, 0.4) is 0 Å². The minimum absolute atomic E-state index is 0.104. The van der Waals surface area contributed by atoms with Crippen LogP contribution < -0.4 is 5.32 Å². The molecule has 0 aliphatic heterocycles. The molecule has 1 aliphatic rings. The number of rotatable bonds is 5. The fourth-order valence-corrected chi connectivity index (χ4v) is 3.79. The molecule has 5 heteroatoms. The van der Waals surface area contributed by atoms with Gasteiger partial charge in [-0.15, -0.1) is 0 Å². The van der Waals surface area contributed by atoms with Crippen LogP contribution >= 0.6 is 0 Å². The normalized spacial score (nSPS) is 16.1. The van der Waals surface area contributed by atoms with Crippen LogP contribution in [0.1, 0.15) is 43.4 Å². The molecule has 0 saturated heterocycles. The van der Waals surface area contributed by atoms with E-state index in [0.29, 0.717) is 13.1 Å². The minimum Gasteiger partial charge on any atom is -0.337 e. The second-order valence-corrected chi connectivity index (χ2v) is 7.18. The lowest BCUT2D eigenvalue weighted by Gasteiger charge is -2.38. The molecule has 1 aliphatic carbocycles. The number of urea groups is 1. The van der Waals surface area contributed by atoms with Crippen molar-refractivity contribution in [3.8, 4) is 0 Å². The maximum absolute atomic E-state index is 13.3. The van der Waals surface area contributed by atoms with Crippen molar-refractivity contribution in [1.82, 2.24) is 15.2 Å². The van der Waals surface area contributed by atoms with Crippen molar-refractivity contribution in [1.29, 1.82) is 0 Å². The van der Waals surface area contributed by atoms with E-state index in [-0.39, 0.29) is 17.3 Å². The number of pyridine rings is 1. The Hall–Kier alpha value is -2.43. The molecule has 1 saturated carbocycles. The van der Waals surface area contributed by atoms with Crippen molar-refractivity contribution in [2.75, 3.05) is 13.6 Å². The summed E-state index contributed by atoms with van der Waals surface area (Å²) >= 11 is 0. The number of hydrogen-bond donors (Lipinski definition) is 1. The fourth-order valence-electron chi connectivity index (χ4n) is 3.79. The molecule has 0 spiro atoms. The standard InChI is InChI=1S/C21H26FN3O/c1-25(15-19-7-3-6-14-23-19)20(26)24-16-21(12-4-2-5-13-21)17-8-10-18(22)11-9-17/h3,6-11,14H,2,4-5,12-13,15-16H2,1H3,(H,24,26). The number of benzene rings is 1. The number of carbonyl (C=O) groups is 1. The average Bonchev–Trinajstić information content (AvgIpc) is 2.68. The van der Waals surface area contributed by atoms with E-state index in [1.807, 2.05) is 30.3 Å². The molecule has 2 amide bonds. The largest absolute Gasteiger partial charge is 0.337 e. The minimum atomic E-state index is -0.223. The first-order valence-corrected chi connectivity index (χ1v) is 9.24. The Morgan fingerprint density at radius 3 is 2.54 bits per heavy atom. The first-order valence-electron chi connectivity index (χ1n) is 9.24. The number of halogens is 1. The Kier molecular flexibility index (Phi) is 5.86. The van der Waals surface area contributed by atoms with Gasteiger partial charge in [-0.25, -0.2) is 9.18 Å². The summed E-state index contributed by atoms with van der Waals surface area (Å²) in [5.41, 5.74) is 1.87. The number of nitrogens with zero attached hydrogens (tertiary/aromatic N) is 2. The highest BCUT2D eigenvalue weighted by Gasteiger charge is 2.34. The molecule has 1 heterocycles. The van der Waals surface area contributed by atoms with Gasteiger partial charge in [0.05, 0.1) is 12.2 Å². The zero-order valence-electron chi connectivity index (χ0n) is 15.2. The lowest BCUT2D eigenvalue weighted by Crippen LogP contribution is -2.46. The van der Waals surface area contributed by atoms with Gasteiger partial charge in [-0.3, -0.25) is 4.98 Å². The van der Waals surface area contributed by atoms with E-state index in [4.69, 9.17) is 0 Å². The molecule has 0 radical (unpaired) electrons. The summed E-state index contributed by atoms with van der Waals surface area (Å²) in [6.07, 6.45) is 7.25. The number of amides is 2. The number of aromatic nitrogens is 1. The zero-order chi connectivity index (χ0) is 18.4. The van der Waals surface area contributed by atoms with Crippen LogP contribution in [-0.2, 0) is 12.0 Å². The zero-order valence-corrected chi connectivity index (χ0v) is 15.2. The Labute approximate surface area is 154 Å². The van der Waals surface area contributed by atoms with Gasteiger partial charge in [0.2, 0.25) is 0 Å². The third kappa shape index (κ3) is 4.40. The molecule has 1 aromatic heterocycles. The molecule has 3 rings (SSSR count). The van der Waals surface area contributed by atoms with Gasteiger partial charge in [-0.2, -0.15) is 0 Å². The second-order valence-electron chi connectivity index (χ2n) is 7.18. The Balaban J connectivity index is 1.65. The van der Waals surface area contributed by atoms with Crippen molar-refractivity contribution in [3.05, 3.63) is 65.7 Å². The van der Waals surface area contributed by atoms with Gasteiger partial charge >= 0.3 is 6.03 Å². The quantitative estimate of drug-likeness (QED) is 0.871. The molecular weight excluding hydrogens is 329 g/mol. The summed E-state index contributed by atoms with van der Waals surface area (Å²) in [6, 6.07) is 12.3. The Morgan fingerprint density at radius 2 is 1.88 bits per heavy atom. The van der Waals surface area contributed by atoms with E-state index >= 15 is 0 Å². The second kappa shape index (κ2) is 8.30. The highest BCUT2D eigenvalue weighted by molar-refractivity contribution is 5.74. The maximum Gasteiger partial charge on any atom is 0.317 e. The van der Waals surface area contributed by atoms with Gasteiger partial charge in [0, 0.05) is 25.2 Å². The van der Waals surface area contributed by atoms with Crippen LogP contribution in [0.2, 0.25) is 0 Å². The van der Waals surface area contributed by atoms with Gasteiger partial charge in [0.15, 0.2) is 0 Å². The van der Waals surface area contributed by atoms with Crippen LogP contribution in [-0.4, -0.2) is 29.5 Å². The molecule has 0 atom stereocenters. The third-order valence-electron chi connectivity index (χ3n) is 5.32. The molecule has 26 heavy (non-hydrogen) atoms. The topological polar surface area (TPSA) is 45.2 Å². The summed E-state index contributed by atoms with van der Waals surface area (Å²) in [5, 5.41) is 3.09. The monoisotopic (exact) mass is 355 g/mol. The van der Waals surface area contributed by atoms with E-state index in [1.54, 1.807) is 18.1 Å². The molecular formula is C21H26FN3O. The van der Waals surface area contributed by atoms with E-state index in [9.17, 15) is 9.18 Å². The summed E-state index contributed by atoms with van der Waals surface area (Å²) in [7, 11) is 1.77. The molecule has 0 unspecified atom stereocenters. The SMILES string of the molecule is CN(Cc1ccccn1)C(=O)NCC1(c2ccc(F)cc2)CCCCC1. The summed E-state index contributed by atoms with van der Waals surface area (Å²) in [6.45, 7) is 1.04. The average molecular weight is 355 g/mol. The number of nitrogens with one attached hydrogen (secondary N) is 1. The Bertz CT molecular complexity index is 712. The van der Waals surface area contributed by atoms with Crippen molar-refractivity contribution in [3.63, 3.8) is 0 Å². The molecule has 4 nitrogen and oxygen atoms in total. The van der Waals surface area contributed by atoms with E-state index < -0.39 is 0 Å². The first-order chi connectivity index (χ1) is 12.6. The van der Waals surface area contributed by atoms with Gasteiger partial charge in [0.1, 0.15) is 5.82 Å². The van der Waals surface area contributed by atoms with Crippen molar-refractivity contribution < 1.29 is 9.18 Å². The van der Waals surface area contributed by atoms with Crippen LogP contribution in [0.5, 0.6) is 0 Å². The predicted octanol–water partition coefficient (Wildman–Crippen LogP) is 4.26. The van der Waals surface area contributed by atoms with Gasteiger partial charge in [-0.1, -0.05) is 37.5 Å².